The van der Waals surface area contributed by atoms with E-state index < -0.39 is 0 Å². The molecule has 3 N–H and O–H groups in total. The van der Waals surface area contributed by atoms with Crippen LogP contribution in [0.5, 0.6) is 0 Å². The first kappa shape index (κ1) is 13.7. The molecule has 1 unspecified atom stereocenters. The molecule has 92 valence electrons. The summed E-state index contributed by atoms with van der Waals surface area (Å²) in [4.78, 5) is 0. The van der Waals surface area contributed by atoms with Gasteiger partial charge in [0.1, 0.15) is 5.76 Å². The van der Waals surface area contributed by atoms with E-state index in [1.165, 1.54) is 12.8 Å². The SMILES string of the molecule is CCCC(CCC)C(NN)c1occc1Br. The number of nitrogens with one attached hydrogen (secondary N) is 1. The fourth-order valence-corrected chi connectivity index (χ4v) is 2.62. The van der Waals surface area contributed by atoms with E-state index in [9.17, 15) is 0 Å². The van der Waals surface area contributed by atoms with Gasteiger partial charge >= 0.3 is 0 Å². The van der Waals surface area contributed by atoms with Crippen molar-refractivity contribution >= 4 is 15.9 Å². The predicted octanol–water partition coefficient (Wildman–Crippen LogP) is 3.76. The Labute approximate surface area is 106 Å². The van der Waals surface area contributed by atoms with Gasteiger partial charge in [-0.2, -0.15) is 0 Å². The monoisotopic (exact) mass is 288 g/mol. The standard InChI is InChI=1S/C12H21BrN2O/c1-3-5-9(6-4-2)11(15-14)12-10(13)7-8-16-12/h7-9,11,15H,3-6,14H2,1-2H3. The van der Waals surface area contributed by atoms with Crippen LogP contribution in [-0.2, 0) is 0 Å². The lowest BCUT2D eigenvalue weighted by Crippen LogP contribution is -2.33. The lowest BCUT2D eigenvalue weighted by Gasteiger charge is -2.24. The Kier molecular flexibility index (Phi) is 6.09. The van der Waals surface area contributed by atoms with Gasteiger partial charge in [0.05, 0.1) is 16.8 Å². The summed E-state index contributed by atoms with van der Waals surface area (Å²) >= 11 is 3.49. The summed E-state index contributed by atoms with van der Waals surface area (Å²) < 4.78 is 6.49. The van der Waals surface area contributed by atoms with Gasteiger partial charge in [0.2, 0.25) is 0 Å². The molecule has 0 aliphatic rings. The minimum atomic E-state index is 0.101. The molecule has 0 spiro atoms. The predicted molar refractivity (Wildman–Crippen MR) is 69.8 cm³/mol. The third kappa shape index (κ3) is 3.34. The lowest BCUT2D eigenvalue weighted by molar-refractivity contribution is 0.278. The summed E-state index contributed by atoms with van der Waals surface area (Å²) in [7, 11) is 0. The second-order valence-corrected chi connectivity index (χ2v) is 4.97. The minimum Gasteiger partial charge on any atom is -0.466 e. The maximum atomic E-state index is 5.66. The van der Waals surface area contributed by atoms with Crippen LogP contribution in [0.3, 0.4) is 0 Å². The Morgan fingerprint density at radius 2 is 2.00 bits per heavy atom. The van der Waals surface area contributed by atoms with E-state index >= 15 is 0 Å². The summed E-state index contributed by atoms with van der Waals surface area (Å²) in [5.41, 5.74) is 2.89. The molecule has 1 aromatic rings. The zero-order valence-corrected chi connectivity index (χ0v) is 11.6. The van der Waals surface area contributed by atoms with Crippen molar-refractivity contribution in [2.24, 2.45) is 11.8 Å². The Balaban J connectivity index is 2.81. The molecule has 1 aromatic heterocycles. The van der Waals surface area contributed by atoms with Crippen LogP contribution in [0.4, 0.5) is 0 Å². The first-order chi connectivity index (χ1) is 7.74. The van der Waals surface area contributed by atoms with Crippen LogP contribution < -0.4 is 11.3 Å². The molecule has 0 fully saturated rings. The second kappa shape index (κ2) is 7.09. The van der Waals surface area contributed by atoms with Crippen molar-refractivity contribution in [3.05, 3.63) is 22.6 Å². The van der Waals surface area contributed by atoms with Crippen LogP contribution in [0.15, 0.2) is 21.2 Å². The number of hydrogen-bond donors (Lipinski definition) is 2. The zero-order valence-electron chi connectivity index (χ0n) is 10.0. The van der Waals surface area contributed by atoms with Gasteiger partial charge in [-0.15, -0.1) is 0 Å². The van der Waals surface area contributed by atoms with Gasteiger partial charge in [0.25, 0.3) is 0 Å². The highest BCUT2D eigenvalue weighted by Crippen LogP contribution is 2.33. The van der Waals surface area contributed by atoms with E-state index in [0.29, 0.717) is 5.92 Å². The molecule has 0 aliphatic carbocycles. The molecule has 1 rings (SSSR count). The lowest BCUT2D eigenvalue weighted by atomic mass is 9.89. The number of hydrazine groups is 1. The van der Waals surface area contributed by atoms with Crippen molar-refractivity contribution in [2.75, 3.05) is 0 Å². The normalized spacial score (nSPS) is 13.3. The van der Waals surface area contributed by atoms with Crippen molar-refractivity contribution < 1.29 is 4.42 Å². The maximum Gasteiger partial charge on any atom is 0.136 e. The molecule has 16 heavy (non-hydrogen) atoms. The molecule has 0 bridgehead atoms. The van der Waals surface area contributed by atoms with Gasteiger partial charge in [-0.3, -0.25) is 5.84 Å². The molecule has 0 saturated heterocycles. The van der Waals surface area contributed by atoms with Crippen molar-refractivity contribution in [1.82, 2.24) is 5.43 Å². The molecule has 0 amide bonds. The first-order valence-electron chi connectivity index (χ1n) is 5.93. The average Bonchev–Trinajstić information content (AvgIpc) is 2.67. The van der Waals surface area contributed by atoms with E-state index in [4.69, 9.17) is 10.3 Å². The van der Waals surface area contributed by atoms with E-state index in [1.54, 1.807) is 6.26 Å². The maximum absolute atomic E-state index is 5.66. The third-order valence-corrected chi connectivity index (χ3v) is 3.55. The fourth-order valence-electron chi connectivity index (χ4n) is 2.17. The summed E-state index contributed by atoms with van der Waals surface area (Å²) in [5.74, 6) is 7.11. The van der Waals surface area contributed by atoms with Gasteiger partial charge < -0.3 is 4.42 Å². The Hall–Kier alpha value is -0.320. The van der Waals surface area contributed by atoms with Crippen molar-refractivity contribution in [2.45, 2.75) is 45.6 Å². The molecular weight excluding hydrogens is 268 g/mol. The third-order valence-electron chi connectivity index (χ3n) is 2.90. The average molecular weight is 289 g/mol. The van der Waals surface area contributed by atoms with Crippen molar-refractivity contribution in [3.63, 3.8) is 0 Å². The smallest absolute Gasteiger partial charge is 0.136 e. The molecule has 1 heterocycles. The van der Waals surface area contributed by atoms with Crippen LogP contribution in [-0.4, -0.2) is 0 Å². The highest BCUT2D eigenvalue weighted by molar-refractivity contribution is 9.10. The molecule has 0 saturated carbocycles. The van der Waals surface area contributed by atoms with Crippen LogP contribution in [0.1, 0.15) is 51.3 Å². The molecular formula is C12H21BrN2O. The van der Waals surface area contributed by atoms with Gasteiger partial charge in [-0.05, 0) is 40.8 Å². The van der Waals surface area contributed by atoms with Crippen LogP contribution >= 0.6 is 15.9 Å². The minimum absolute atomic E-state index is 0.101. The summed E-state index contributed by atoms with van der Waals surface area (Å²) in [6.07, 6.45) is 6.35. The largest absolute Gasteiger partial charge is 0.466 e. The van der Waals surface area contributed by atoms with E-state index in [1.807, 2.05) is 6.07 Å². The van der Waals surface area contributed by atoms with E-state index in [0.717, 1.165) is 23.1 Å². The van der Waals surface area contributed by atoms with Gasteiger partial charge in [-0.1, -0.05) is 26.7 Å². The Morgan fingerprint density at radius 1 is 1.38 bits per heavy atom. The first-order valence-corrected chi connectivity index (χ1v) is 6.72. The van der Waals surface area contributed by atoms with Gasteiger partial charge in [0, 0.05) is 0 Å². The van der Waals surface area contributed by atoms with E-state index in [-0.39, 0.29) is 6.04 Å². The fraction of sp³-hybridized carbons (Fsp3) is 0.667. The van der Waals surface area contributed by atoms with Gasteiger partial charge in [0.15, 0.2) is 0 Å². The van der Waals surface area contributed by atoms with Gasteiger partial charge in [-0.25, -0.2) is 5.43 Å². The van der Waals surface area contributed by atoms with Crippen LogP contribution in [0.25, 0.3) is 0 Å². The van der Waals surface area contributed by atoms with E-state index in [2.05, 4.69) is 35.2 Å². The number of rotatable bonds is 7. The van der Waals surface area contributed by atoms with Crippen molar-refractivity contribution in [3.8, 4) is 0 Å². The molecule has 0 aliphatic heterocycles. The molecule has 4 heteroatoms. The number of nitrogens with two attached hydrogens (primary N) is 1. The second-order valence-electron chi connectivity index (χ2n) is 4.11. The summed E-state index contributed by atoms with van der Waals surface area (Å²) in [5, 5.41) is 0. The number of furan rings is 1. The molecule has 1 atom stereocenters. The molecule has 3 nitrogen and oxygen atoms in total. The number of halogens is 1. The number of hydrogen-bond acceptors (Lipinski definition) is 3. The van der Waals surface area contributed by atoms with Crippen LogP contribution in [0, 0.1) is 5.92 Å². The topological polar surface area (TPSA) is 51.2 Å². The molecule has 0 aromatic carbocycles. The molecule has 0 radical (unpaired) electrons. The Morgan fingerprint density at radius 3 is 2.38 bits per heavy atom. The van der Waals surface area contributed by atoms with Crippen molar-refractivity contribution in [1.29, 1.82) is 0 Å². The quantitative estimate of drug-likeness (QED) is 0.593. The highest BCUT2D eigenvalue weighted by Gasteiger charge is 2.25. The summed E-state index contributed by atoms with van der Waals surface area (Å²) in [6.45, 7) is 4.40. The summed E-state index contributed by atoms with van der Waals surface area (Å²) in [6, 6.07) is 2.01. The zero-order chi connectivity index (χ0) is 12.0. The highest BCUT2D eigenvalue weighted by atomic mass is 79.9. The Bertz CT molecular complexity index is 295. The van der Waals surface area contributed by atoms with Crippen LogP contribution in [0.2, 0.25) is 0 Å².